The molecule has 2 rings (SSSR count). The number of aromatic nitrogens is 1. The molecule has 4 nitrogen and oxygen atoms in total. The van der Waals surface area contributed by atoms with Crippen molar-refractivity contribution in [1.82, 2.24) is 4.98 Å². The molecule has 0 radical (unpaired) electrons. The molecule has 0 bridgehead atoms. The molecule has 18 heavy (non-hydrogen) atoms. The Bertz CT molecular complexity index is 569. The first-order chi connectivity index (χ1) is 8.59. The molecule has 0 aliphatic heterocycles. The Hall–Kier alpha value is -2.43. The third-order valence-electron chi connectivity index (χ3n) is 2.57. The minimum atomic E-state index is -1.09. The fourth-order valence-electron chi connectivity index (χ4n) is 1.57. The second kappa shape index (κ2) is 4.83. The van der Waals surface area contributed by atoms with Crippen LogP contribution in [0.5, 0.6) is 0 Å². The molecule has 0 aliphatic carbocycles. The summed E-state index contributed by atoms with van der Waals surface area (Å²) in [5.41, 5.74) is 0.980. The summed E-state index contributed by atoms with van der Waals surface area (Å²) in [7, 11) is 1.69. The van der Waals surface area contributed by atoms with E-state index in [1.54, 1.807) is 36.2 Å². The Morgan fingerprint density at radius 3 is 2.56 bits per heavy atom. The van der Waals surface area contributed by atoms with Gasteiger partial charge in [0, 0.05) is 7.05 Å². The van der Waals surface area contributed by atoms with Crippen molar-refractivity contribution in [2.45, 2.75) is 0 Å². The van der Waals surface area contributed by atoms with Crippen LogP contribution in [0.4, 0.5) is 15.8 Å². The smallest absolute Gasteiger partial charge is 0.354 e. The predicted octanol–water partition coefficient (Wildman–Crippen LogP) is 2.69. The van der Waals surface area contributed by atoms with Gasteiger partial charge in [0.1, 0.15) is 11.5 Å². The van der Waals surface area contributed by atoms with Crippen molar-refractivity contribution >= 4 is 17.3 Å². The van der Waals surface area contributed by atoms with Crippen LogP contribution in [0.25, 0.3) is 0 Å². The lowest BCUT2D eigenvalue weighted by Gasteiger charge is -2.19. The number of nitrogens with zero attached hydrogens (tertiary/aromatic N) is 2. The lowest BCUT2D eigenvalue weighted by atomic mass is 10.2. The van der Waals surface area contributed by atoms with Gasteiger partial charge < -0.3 is 10.0 Å². The van der Waals surface area contributed by atoms with Gasteiger partial charge in [-0.1, -0.05) is 12.1 Å². The summed E-state index contributed by atoms with van der Waals surface area (Å²) in [6, 6.07) is 9.32. The summed E-state index contributed by atoms with van der Waals surface area (Å²) in [5, 5.41) is 8.74. The molecule has 0 unspecified atom stereocenters. The first kappa shape index (κ1) is 12.0. The molecular formula is C13H11FN2O2. The number of benzene rings is 1. The van der Waals surface area contributed by atoms with Crippen LogP contribution in [-0.4, -0.2) is 23.1 Å². The average molecular weight is 246 g/mol. The van der Waals surface area contributed by atoms with Crippen molar-refractivity contribution in [3.05, 3.63) is 54.1 Å². The minimum Gasteiger partial charge on any atom is -0.477 e. The zero-order valence-electron chi connectivity index (χ0n) is 9.67. The van der Waals surface area contributed by atoms with E-state index in [1.807, 2.05) is 0 Å². The maximum Gasteiger partial charge on any atom is 0.354 e. The zero-order chi connectivity index (χ0) is 13.1. The largest absolute Gasteiger partial charge is 0.477 e. The van der Waals surface area contributed by atoms with E-state index in [1.165, 1.54) is 18.3 Å². The third kappa shape index (κ3) is 2.29. The maximum absolute atomic E-state index is 13.6. The molecule has 1 N–H and O–H groups in total. The van der Waals surface area contributed by atoms with Crippen LogP contribution in [0, 0.1) is 5.82 Å². The van der Waals surface area contributed by atoms with E-state index < -0.39 is 5.97 Å². The highest BCUT2D eigenvalue weighted by molar-refractivity contribution is 5.85. The SMILES string of the molecule is CN(c1ccc(C(=O)O)nc1)c1ccccc1F. The Kier molecular flexibility index (Phi) is 3.23. The summed E-state index contributed by atoms with van der Waals surface area (Å²) < 4.78 is 13.6. The topological polar surface area (TPSA) is 53.4 Å². The molecule has 0 saturated carbocycles. The number of carboxylic acid groups (broad SMARTS) is 1. The van der Waals surface area contributed by atoms with Crippen LogP contribution in [0.3, 0.4) is 0 Å². The van der Waals surface area contributed by atoms with E-state index in [0.717, 1.165) is 0 Å². The molecule has 1 aromatic heterocycles. The number of pyridine rings is 1. The number of halogens is 1. The quantitative estimate of drug-likeness (QED) is 0.904. The fraction of sp³-hybridized carbons (Fsp3) is 0.0769. The summed E-state index contributed by atoms with van der Waals surface area (Å²) in [4.78, 5) is 16.1. The molecule has 92 valence electrons. The standard InChI is InChI=1S/C13H11FN2O2/c1-16(12-5-3-2-4-10(12)14)9-6-7-11(13(17)18)15-8-9/h2-8H,1H3,(H,17,18). The molecule has 0 spiro atoms. The Labute approximate surface area is 103 Å². The summed E-state index contributed by atoms with van der Waals surface area (Å²) in [6.07, 6.45) is 1.40. The van der Waals surface area contributed by atoms with Gasteiger partial charge in [-0.05, 0) is 24.3 Å². The summed E-state index contributed by atoms with van der Waals surface area (Å²) in [6.45, 7) is 0. The average Bonchev–Trinajstić information content (AvgIpc) is 2.38. The number of rotatable bonds is 3. The number of aromatic carboxylic acids is 1. The monoisotopic (exact) mass is 246 g/mol. The van der Waals surface area contributed by atoms with Gasteiger partial charge in [-0.15, -0.1) is 0 Å². The zero-order valence-corrected chi connectivity index (χ0v) is 9.67. The number of para-hydroxylation sites is 1. The van der Waals surface area contributed by atoms with Crippen LogP contribution < -0.4 is 4.90 Å². The minimum absolute atomic E-state index is 0.0410. The highest BCUT2D eigenvalue weighted by Crippen LogP contribution is 2.25. The fourth-order valence-corrected chi connectivity index (χ4v) is 1.57. The van der Waals surface area contributed by atoms with E-state index in [-0.39, 0.29) is 11.5 Å². The second-order valence-electron chi connectivity index (χ2n) is 3.72. The van der Waals surface area contributed by atoms with Gasteiger partial charge >= 0.3 is 5.97 Å². The predicted molar refractivity (Wildman–Crippen MR) is 65.7 cm³/mol. The van der Waals surface area contributed by atoms with Crippen LogP contribution in [0.1, 0.15) is 10.5 Å². The van der Waals surface area contributed by atoms with E-state index >= 15 is 0 Å². The summed E-state index contributed by atoms with van der Waals surface area (Å²) in [5.74, 6) is -1.43. The second-order valence-corrected chi connectivity index (χ2v) is 3.72. The van der Waals surface area contributed by atoms with Gasteiger partial charge in [-0.2, -0.15) is 0 Å². The van der Waals surface area contributed by atoms with Crippen molar-refractivity contribution in [3.8, 4) is 0 Å². The number of hydrogen-bond donors (Lipinski definition) is 1. The molecule has 0 saturated heterocycles. The lowest BCUT2D eigenvalue weighted by molar-refractivity contribution is 0.0690. The van der Waals surface area contributed by atoms with E-state index in [4.69, 9.17) is 5.11 Å². The molecule has 0 aliphatic rings. The molecule has 5 heteroatoms. The van der Waals surface area contributed by atoms with Crippen LogP contribution in [-0.2, 0) is 0 Å². The van der Waals surface area contributed by atoms with E-state index in [9.17, 15) is 9.18 Å². The van der Waals surface area contributed by atoms with Gasteiger partial charge in [0.25, 0.3) is 0 Å². The van der Waals surface area contributed by atoms with Crippen molar-refractivity contribution in [2.75, 3.05) is 11.9 Å². The van der Waals surface area contributed by atoms with Crippen molar-refractivity contribution in [3.63, 3.8) is 0 Å². The number of carbonyl (C=O) groups is 1. The van der Waals surface area contributed by atoms with Gasteiger partial charge in [0.2, 0.25) is 0 Å². The van der Waals surface area contributed by atoms with Gasteiger partial charge in [-0.25, -0.2) is 14.2 Å². The molecule has 0 amide bonds. The lowest BCUT2D eigenvalue weighted by Crippen LogP contribution is -2.12. The Morgan fingerprint density at radius 2 is 2.00 bits per heavy atom. The van der Waals surface area contributed by atoms with Crippen LogP contribution in [0.15, 0.2) is 42.6 Å². The molecule has 1 aromatic carbocycles. The molecule has 1 heterocycles. The van der Waals surface area contributed by atoms with Crippen LogP contribution in [0.2, 0.25) is 0 Å². The summed E-state index contributed by atoms with van der Waals surface area (Å²) >= 11 is 0. The molecular weight excluding hydrogens is 235 g/mol. The van der Waals surface area contributed by atoms with Crippen molar-refractivity contribution in [1.29, 1.82) is 0 Å². The van der Waals surface area contributed by atoms with Gasteiger partial charge in [0.05, 0.1) is 17.6 Å². The van der Waals surface area contributed by atoms with Gasteiger partial charge in [-0.3, -0.25) is 0 Å². The van der Waals surface area contributed by atoms with Gasteiger partial charge in [0.15, 0.2) is 0 Å². The molecule has 2 aromatic rings. The van der Waals surface area contributed by atoms with E-state index in [2.05, 4.69) is 4.98 Å². The first-order valence-electron chi connectivity index (χ1n) is 5.27. The number of carboxylic acids is 1. The number of anilines is 2. The van der Waals surface area contributed by atoms with Crippen molar-refractivity contribution < 1.29 is 14.3 Å². The van der Waals surface area contributed by atoms with Crippen LogP contribution >= 0.6 is 0 Å². The number of hydrogen-bond acceptors (Lipinski definition) is 3. The van der Waals surface area contributed by atoms with E-state index in [0.29, 0.717) is 11.4 Å². The third-order valence-corrected chi connectivity index (χ3v) is 2.57. The Balaban J connectivity index is 2.32. The molecule has 0 atom stereocenters. The van der Waals surface area contributed by atoms with Crippen molar-refractivity contribution in [2.24, 2.45) is 0 Å². The Morgan fingerprint density at radius 1 is 1.28 bits per heavy atom. The molecule has 0 fully saturated rings. The highest BCUT2D eigenvalue weighted by atomic mass is 19.1. The first-order valence-corrected chi connectivity index (χ1v) is 5.27. The highest BCUT2D eigenvalue weighted by Gasteiger charge is 2.10. The maximum atomic E-state index is 13.6. The normalized spacial score (nSPS) is 10.1.